The van der Waals surface area contributed by atoms with Crippen molar-refractivity contribution in [2.24, 2.45) is 13.0 Å². The van der Waals surface area contributed by atoms with E-state index in [1.165, 1.54) is 0 Å². The Morgan fingerprint density at radius 1 is 1.44 bits per heavy atom. The highest BCUT2D eigenvalue weighted by Gasteiger charge is 2.25. The summed E-state index contributed by atoms with van der Waals surface area (Å²) in [5, 5.41) is 4.28. The van der Waals surface area contributed by atoms with Crippen LogP contribution in [0.15, 0.2) is 0 Å². The van der Waals surface area contributed by atoms with Crippen LogP contribution in [0.25, 0.3) is 0 Å². The van der Waals surface area contributed by atoms with Crippen molar-refractivity contribution in [1.82, 2.24) is 14.7 Å². The average molecular weight is 252 g/mol. The molecular formula is C13H24N4O. The number of nitrogens with zero attached hydrogens (tertiary/aromatic N) is 3. The van der Waals surface area contributed by atoms with Crippen molar-refractivity contribution < 1.29 is 4.79 Å². The van der Waals surface area contributed by atoms with Gasteiger partial charge in [-0.05, 0) is 19.3 Å². The van der Waals surface area contributed by atoms with E-state index in [1.807, 2.05) is 20.9 Å². The summed E-state index contributed by atoms with van der Waals surface area (Å²) < 4.78 is 1.58. The topological polar surface area (TPSA) is 64.2 Å². The van der Waals surface area contributed by atoms with Crippen molar-refractivity contribution in [1.29, 1.82) is 0 Å². The van der Waals surface area contributed by atoms with E-state index in [-0.39, 0.29) is 11.9 Å². The van der Waals surface area contributed by atoms with Gasteiger partial charge in [0.05, 0.1) is 11.4 Å². The molecule has 1 aromatic rings. The Labute approximate surface area is 109 Å². The molecule has 1 aromatic heterocycles. The molecule has 2 N–H and O–H groups in total. The number of amides is 1. The van der Waals surface area contributed by atoms with Crippen molar-refractivity contribution in [2.45, 2.75) is 40.2 Å². The first-order valence-electron chi connectivity index (χ1n) is 6.39. The zero-order valence-electron chi connectivity index (χ0n) is 12.2. The molecule has 0 saturated heterocycles. The number of anilines is 1. The SMILES string of the molecule is CCc1nn(C)c(C(=O)N(C)C(C)C(C)C)c1N. The summed E-state index contributed by atoms with van der Waals surface area (Å²) in [5.74, 6) is 0.336. The molecule has 0 bridgehead atoms. The molecule has 1 heterocycles. The van der Waals surface area contributed by atoms with Crippen molar-refractivity contribution in [3.05, 3.63) is 11.4 Å². The van der Waals surface area contributed by atoms with Crippen LogP contribution in [-0.4, -0.2) is 33.7 Å². The number of nitrogens with two attached hydrogens (primary N) is 1. The van der Waals surface area contributed by atoms with E-state index in [2.05, 4.69) is 18.9 Å². The summed E-state index contributed by atoms with van der Waals surface area (Å²) in [6.45, 7) is 8.21. The first-order valence-corrected chi connectivity index (χ1v) is 6.39. The van der Waals surface area contributed by atoms with Gasteiger partial charge in [-0.25, -0.2) is 0 Å². The molecule has 0 aromatic carbocycles. The van der Waals surface area contributed by atoms with Crippen LogP contribution in [0.2, 0.25) is 0 Å². The Morgan fingerprint density at radius 3 is 2.39 bits per heavy atom. The maximum absolute atomic E-state index is 12.4. The summed E-state index contributed by atoms with van der Waals surface area (Å²) >= 11 is 0. The normalized spacial score (nSPS) is 12.8. The highest BCUT2D eigenvalue weighted by atomic mass is 16.2. The summed E-state index contributed by atoms with van der Waals surface area (Å²) in [7, 11) is 3.57. The molecular weight excluding hydrogens is 228 g/mol. The quantitative estimate of drug-likeness (QED) is 0.886. The number of carbonyl (C=O) groups is 1. The van der Waals surface area contributed by atoms with Crippen molar-refractivity contribution in [3.8, 4) is 0 Å². The van der Waals surface area contributed by atoms with Gasteiger partial charge in [-0.3, -0.25) is 9.48 Å². The number of aromatic nitrogens is 2. The lowest BCUT2D eigenvalue weighted by molar-refractivity contribution is 0.0697. The van der Waals surface area contributed by atoms with E-state index in [4.69, 9.17) is 5.73 Å². The number of nitrogen functional groups attached to an aromatic ring is 1. The van der Waals surface area contributed by atoms with E-state index >= 15 is 0 Å². The van der Waals surface area contributed by atoms with Crippen LogP contribution >= 0.6 is 0 Å². The summed E-state index contributed by atoms with van der Waals surface area (Å²) in [6, 6.07) is 0.164. The molecule has 0 radical (unpaired) electrons. The first-order chi connectivity index (χ1) is 8.31. The predicted molar refractivity (Wildman–Crippen MR) is 73.4 cm³/mol. The second kappa shape index (κ2) is 5.42. The van der Waals surface area contributed by atoms with Crippen molar-refractivity contribution in [2.75, 3.05) is 12.8 Å². The highest BCUT2D eigenvalue weighted by Crippen LogP contribution is 2.20. The van der Waals surface area contributed by atoms with Gasteiger partial charge in [0, 0.05) is 20.1 Å². The molecule has 18 heavy (non-hydrogen) atoms. The average Bonchev–Trinajstić information content (AvgIpc) is 2.61. The van der Waals surface area contributed by atoms with E-state index in [9.17, 15) is 4.79 Å². The van der Waals surface area contributed by atoms with Crippen LogP contribution in [0.4, 0.5) is 5.69 Å². The lowest BCUT2D eigenvalue weighted by Crippen LogP contribution is -2.39. The van der Waals surface area contributed by atoms with Gasteiger partial charge in [-0.2, -0.15) is 5.10 Å². The number of aryl methyl sites for hydroxylation is 2. The number of rotatable bonds is 4. The molecule has 1 atom stereocenters. The van der Waals surface area contributed by atoms with Gasteiger partial charge < -0.3 is 10.6 Å². The minimum Gasteiger partial charge on any atom is -0.395 e. The molecule has 5 nitrogen and oxygen atoms in total. The summed E-state index contributed by atoms with van der Waals surface area (Å²) in [4.78, 5) is 14.2. The number of hydrogen-bond donors (Lipinski definition) is 1. The van der Waals surface area contributed by atoms with Crippen LogP contribution < -0.4 is 5.73 Å². The maximum Gasteiger partial charge on any atom is 0.274 e. The van der Waals surface area contributed by atoms with Gasteiger partial charge in [0.2, 0.25) is 0 Å². The molecule has 5 heteroatoms. The minimum atomic E-state index is -0.0663. The molecule has 0 spiro atoms. The zero-order valence-corrected chi connectivity index (χ0v) is 12.2. The first kappa shape index (κ1) is 14.5. The van der Waals surface area contributed by atoms with Gasteiger partial charge in [-0.15, -0.1) is 0 Å². The standard InChI is InChI=1S/C13H24N4O/c1-7-10-11(14)12(17(6)15-10)13(18)16(5)9(4)8(2)3/h8-9H,7,14H2,1-6H3. The number of hydrogen-bond acceptors (Lipinski definition) is 3. The lowest BCUT2D eigenvalue weighted by Gasteiger charge is -2.28. The molecule has 0 fully saturated rings. The Kier molecular flexibility index (Phi) is 4.38. The third-order valence-corrected chi connectivity index (χ3v) is 3.59. The van der Waals surface area contributed by atoms with E-state index in [0.29, 0.717) is 17.3 Å². The van der Waals surface area contributed by atoms with Crippen LogP contribution in [0, 0.1) is 5.92 Å². The monoisotopic (exact) mass is 252 g/mol. The van der Waals surface area contributed by atoms with Gasteiger partial charge in [0.25, 0.3) is 5.91 Å². The molecule has 1 unspecified atom stereocenters. The lowest BCUT2D eigenvalue weighted by atomic mass is 10.0. The fourth-order valence-corrected chi connectivity index (χ4v) is 1.91. The fourth-order valence-electron chi connectivity index (χ4n) is 1.91. The van der Waals surface area contributed by atoms with Gasteiger partial charge in [0.15, 0.2) is 0 Å². The Morgan fingerprint density at radius 2 is 2.00 bits per heavy atom. The zero-order chi connectivity index (χ0) is 14.0. The molecule has 102 valence electrons. The molecule has 1 rings (SSSR count). The Bertz CT molecular complexity index is 436. The number of carbonyl (C=O) groups excluding carboxylic acids is 1. The van der Waals surface area contributed by atoms with Crippen LogP contribution in [0.1, 0.15) is 43.9 Å². The Balaban J connectivity index is 3.08. The molecule has 0 aliphatic carbocycles. The van der Waals surface area contributed by atoms with Crippen molar-refractivity contribution >= 4 is 11.6 Å². The van der Waals surface area contributed by atoms with Gasteiger partial charge in [0.1, 0.15) is 5.69 Å². The van der Waals surface area contributed by atoms with Gasteiger partial charge >= 0.3 is 0 Å². The van der Waals surface area contributed by atoms with E-state index in [0.717, 1.165) is 12.1 Å². The summed E-state index contributed by atoms with van der Waals surface area (Å²) in [5.41, 5.74) is 7.78. The van der Waals surface area contributed by atoms with Crippen LogP contribution in [-0.2, 0) is 13.5 Å². The van der Waals surface area contributed by atoms with Crippen LogP contribution in [0.5, 0.6) is 0 Å². The second-order valence-corrected chi connectivity index (χ2v) is 5.09. The summed E-state index contributed by atoms with van der Waals surface area (Å²) in [6.07, 6.45) is 0.733. The second-order valence-electron chi connectivity index (χ2n) is 5.09. The third kappa shape index (κ3) is 2.49. The van der Waals surface area contributed by atoms with Crippen molar-refractivity contribution in [3.63, 3.8) is 0 Å². The molecule has 0 saturated carbocycles. The Hall–Kier alpha value is -1.52. The maximum atomic E-state index is 12.4. The fraction of sp³-hybridized carbons (Fsp3) is 0.692. The smallest absolute Gasteiger partial charge is 0.274 e. The minimum absolute atomic E-state index is 0.0663. The molecule has 0 aliphatic heterocycles. The third-order valence-electron chi connectivity index (χ3n) is 3.59. The van der Waals surface area contributed by atoms with E-state index < -0.39 is 0 Å². The molecule has 1 amide bonds. The van der Waals surface area contributed by atoms with E-state index in [1.54, 1.807) is 16.6 Å². The molecule has 0 aliphatic rings. The highest BCUT2D eigenvalue weighted by molar-refractivity contribution is 5.98. The van der Waals surface area contributed by atoms with Gasteiger partial charge in [-0.1, -0.05) is 20.8 Å². The largest absolute Gasteiger partial charge is 0.395 e. The predicted octanol–water partition coefficient (Wildman–Crippen LogP) is 1.68. The van der Waals surface area contributed by atoms with Crippen LogP contribution in [0.3, 0.4) is 0 Å².